The van der Waals surface area contributed by atoms with E-state index in [1.807, 2.05) is 42.5 Å². The number of hydrogen-bond acceptors (Lipinski definition) is 3. The minimum atomic E-state index is -0.994. The summed E-state index contributed by atoms with van der Waals surface area (Å²) in [7, 11) is 0. The van der Waals surface area contributed by atoms with E-state index in [0.717, 1.165) is 23.6 Å². The molecule has 114 valence electrons. The Kier molecular flexibility index (Phi) is 3.96. The number of carbonyl (C=O) groups excluding carboxylic acids is 1. The number of aliphatic carboxylic acids is 1. The van der Waals surface area contributed by atoms with Gasteiger partial charge in [-0.05, 0) is 35.7 Å². The Morgan fingerprint density at radius 3 is 2.55 bits per heavy atom. The molecule has 0 saturated heterocycles. The lowest BCUT2D eigenvalue weighted by Crippen LogP contribution is -2.40. The first-order chi connectivity index (χ1) is 10.6. The molecule has 0 aromatic heterocycles. The van der Waals surface area contributed by atoms with Gasteiger partial charge in [0.2, 0.25) is 0 Å². The lowest BCUT2D eigenvalue weighted by Gasteiger charge is -2.20. The standard InChI is InChI=1S/C17H17NO4/c19-16(18(10-17(20)21)14-6-7-14)11-22-15-8-5-12-3-1-2-4-13(12)9-15/h1-5,8-9,14H,6-7,10-11H2,(H,20,21). The van der Waals surface area contributed by atoms with Crippen LogP contribution in [-0.4, -0.2) is 41.1 Å². The zero-order valence-corrected chi connectivity index (χ0v) is 12.1. The summed E-state index contributed by atoms with van der Waals surface area (Å²) in [6.45, 7) is -0.396. The molecule has 5 heteroatoms. The molecule has 1 aliphatic rings. The van der Waals surface area contributed by atoms with E-state index in [-0.39, 0.29) is 25.1 Å². The maximum Gasteiger partial charge on any atom is 0.323 e. The summed E-state index contributed by atoms with van der Waals surface area (Å²) in [5, 5.41) is 11.0. The second kappa shape index (κ2) is 6.05. The summed E-state index contributed by atoms with van der Waals surface area (Å²) in [6, 6.07) is 13.6. The van der Waals surface area contributed by atoms with Gasteiger partial charge in [-0.15, -0.1) is 0 Å². The Balaban J connectivity index is 1.64. The molecule has 22 heavy (non-hydrogen) atoms. The fourth-order valence-electron chi connectivity index (χ4n) is 2.44. The predicted molar refractivity (Wildman–Crippen MR) is 81.8 cm³/mol. The van der Waals surface area contributed by atoms with Gasteiger partial charge in [-0.25, -0.2) is 0 Å². The van der Waals surface area contributed by atoms with Gasteiger partial charge in [0.05, 0.1) is 0 Å². The number of carbonyl (C=O) groups is 2. The van der Waals surface area contributed by atoms with Gasteiger partial charge in [-0.3, -0.25) is 9.59 Å². The van der Waals surface area contributed by atoms with Crippen molar-refractivity contribution in [3.8, 4) is 5.75 Å². The van der Waals surface area contributed by atoms with Gasteiger partial charge in [0.25, 0.3) is 5.91 Å². The number of fused-ring (bicyclic) bond motifs is 1. The fourth-order valence-corrected chi connectivity index (χ4v) is 2.44. The van der Waals surface area contributed by atoms with Crippen molar-refractivity contribution in [1.82, 2.24) is 4.90 Å². The average Bonchev–Trinajstić information content (AvgIpc) is 3.34. The van der Waals surface area contributed by atoms with Crippen LogP contribution in [0.2, 0.25) is 0 Å². The van der Waals surface area contributed by atoms with E-state index in [9.17, 15) is 9.59 Å². The summed E-state index contributed by atoms with van der Waals surface area (Å²) in [4.78, 5) is 24.4. The summed E-state index contributed by atoms with van der Waals surface area (Å²) in [6.07, 6.45) is 1.74. The molecule has 1 fully saturated rings. The Morgan fingerprint density at radius 2 is 1.86 bits per heavy atom. The van der Waals surface area contributed by atoms with Gasteiger partial charge in [-0.2, -0.15) is 0 Å². The first-order valence-corrected chi connectivity index (χ1v) is 7.26. The zero-order valence-electron chi connectivity index (χ0n) is 12.1. The predicted octanol–water partition coefficient (Wildman–Crippen LogP) is 2.29. The van der Waals surface area contributed by atoms with Crippen molar-refractivity contribution in [2.45, 2.75) is 18.9 Å². The molecule has 0 heterocycles. The monoisotopic (exact) mass is 299 g/mol. The van der Waals surface area contributed by atoms with Crippen molar-refractivity contribution in [2.75, 3.05) is 13.2 Å². The van der Waals surface area contributed by atoms with Crippen LogP contribution >= 0.6 is 0 Å². The minimum absolute atomic E-state index is 0.0591. The van der Waals surface area contributed by atoms with Crippen LogP contribution in [-0.2, 0) is 9.59 Å². The normalized spacial score (nSPS) is 13.8. The number of hydrogen-bond donors (Lipinski definition) is 1. The van der Waals surface area contributed by atoms with Crippen LogP contribution in [0.4, 0.5) is 0 Å². The Morgan fingerprint density at radius 1 is 1.14 bits per heavy atom. The molecule has 1 amide bonds. The fraction of sp³-hybridized carbons (Fsp3) is 0.294. The van der Waals surface area contributed by atoms with E-state index in [4.69, 9.17) is 9.84 Å². The Labute approximate surface area is 128 Å². The van der Waals surface area contributed by atoms with E-state index in [2.05, 4.69) is 0 Å². The second-order valence-corrected chi connectivity index (χ2v) is 5.44. The molecule has 0 atom stereocenters. The van der Waals surface area contributed by atoms with Crippen LogP contribution < -0.4 is 4.74 Å². The average molecular weight is 299 g/mol. The SMILES string of the molecule is O=C(O)CN(C(=O)COc1ccc2ccccc2c1)C1CC1. The van der Waals surface area contributed by atoms with Crippen molar-refractivity contribution >= 4 is 22.6 Å². The van der Waals surface area contributed by atoms with Crippen molar-refractivity contribution in [2.24, 2.45) is 0 Å². The molecule has 0 radical (unpaired) electrons. The van der Waals surface area contributed by atoms with Crippen molar-refractivity contribution in [3.05, 3.63) is 42.5 Å². The molecular weight excluding hydrogens is 282 g/mol. The minimum Gasteiger partial charge on any atom is -0.484 e. The molecule has 1 N–H and O–H groups in total. The Hall–Kier alpha value is -2.56. The molecule has 1 aliphatic carbocycles. The highest BCUT2D eigenvalue weighted by Crippen LogP contribution is 2.27. The number of carboxylic acid groups (broad SMARTS) is 1. The summed E-state index contributed by atoms with van der Waals surface area (Å²) in [5.74, 6) is -0.665. The number of rotatable bonds is 6. The third kappa shape index (κ3) is 3.36. The smallest absolute Gasteiger partial charge is 0.323 e. The maximum atomic E-state index is 12.1. The van der Waals surface area contributed by atoms with E-state index in [1.54, 1.807) is 0 Å². The quantitative estimate of drug-likeness (QED) is 0.888. The first kappa shape index (κ1) is 14.4. The van der Waals surface area contributed by atoms with E-state index >= 15 is 0 Å². The number of ether oxygens (including phenoxy) is 1. The second-order valence-electron chi connectivity index (χ2n) is 5.44. The van der Waals surface area contributed by atoms with Gasteiger partial charge in [0.1, 0.15) is 12.3 Å². The third-order valence-corrected chi connectivity index (χ3v) is 3.70. The lowest BCUT2D eigenvalue weighted by atomic mass is 10.1. The van der Waals surface area contributed by atoms with E-state index < -0.39 is 5.97 Å². The molecule has 3 rings (SSSR count). The first-order valence-electron chi connectivity index (χ1n) is 7.26. The van der Waals surface area contributed by atoms with Crippen LogP contribution in [0.3, 0.4) is 0 Å². The van der Waals surface area contributed by atoms with Gasteiger partial charge in [0.15, 0.2) is 6.61 Å². The van der Waals surface area contributed by atoms with Crippen LogP contribution in [0.15, 0.2) is 42.5 Å². The summed E-state index contributed by atoms with van der Waals surface area (Å²) in [5.41, 5.74) is 0. The molecule has 0 bridgehead atoms. The van der Waals surface area contributed by atoms with Gasteiger partial charge >= 0.3 is 5.97 Å². The Bertz CT molecular complexity index is 709. The molecule has 0 spiro atoms. The van der Waals surface area contributed by atoms with Crippen LogP contribution in [0, 0.1) is 0 Å². The lowest BCUT2D eigenvalue weighted by molar-refractivity contribution is -0.145. The number of amides is 1. The van der Waals surface area contributed by atoms with Gasteiger partial charge in [-0.1, -0.05) is 30.3 Å². The maximum absolute atomic E-state index is 12.1. The van der Waals surface area contributed by atoms with Crippen LogP contribution in [0.25, 0.3) is 10.8 Å². The van der Waals surface area contributed by atoms with Crippen molar-refractivity contribution in [1.29, 1.82) is 0 Å². The molecule has 2 aromatic rings. The summed E-state index contributed by atoms with van der Waals surface area (Å²) < 4.78 is 5.53. The molecule has 1 saturated carbocycles. The largest absolute Gasteiger partial charge is 0.484 e. The van der Waals surface area contributed by atoms with E-state index in [0.29, 0.717) is 5.75 Å². The topological polar surface area (TPSA) is 66.8 Å². The molecular formula is C17H17NO4. The molecule has 2 aromatic carbocycles. The van der Waals surface area contributed by atoms with Crippen molar-refractivity contribution < 1.29 is 19.4 Å². The van der Waals surface area contributed by atoms with E-state index in [1.165, 1.54) is 4.90 Å². The third-order valence-electron chi connectivity index (χ3n) is 3.70. The highest BCUT2D eigenvalue weighted by atomic mass is 16.5. The highest BCUT2D eigenvalue weighted by Gasteiger charge is 2.33. The molecule has 5 nitrogen and oxygen atoms in total. The molecule has 0 aliphatic heterocycles. The van der Waals surface area contributed by atoms with Crippen LogP contribution in [0.5, 0.6) is 5.75 Å². The van der Waals surface area contributed by atoms with Gasteiger partial charge in [0, 0.05) is 6.04 Å². The number of nitrogens with zero attached hydrogens (tertiary/aromatic N) is 1. The zero-order chi connectivity index (χ0) is 15.5. The van der Waals surface area contributed by atoms with Crippen molar-refractivity contribution in [3.63, 3.8) is 0 Å². The number of benzene rings is 2. The highest BCUT2D eigenvalue weighted by molar-refractivity contribution is 5.85. The molecule has 0 unspecified atom stereocenters. The number of carboxylic acids is 1. The van der Waals surface area contributed by atoms with Gasteiger partial charge < -0.3 is 14.7 Å². The van der Waals surface area contributed by atoms with Crippen LogP contribution in [0.1, 0.15) is 12.8 Å². The summed E-state index contributed by atoms with van der Waals surface area (Å²) >= 11 is 0.